The highest BCUT2D eigenvalue weighted by atomic mass is 32.2. The Balaban J connectivity index is 1.48. The van der Waals surface area contributed by atoms with Crippen LogP contribution in [-0.2, 0) is 30.5 Å². The third kappa shape index (κ3) is 3.85. The first-order valence-corrected chi connectivity index (χ1v) is 11.1. The number of amides is 2. The molecule has 3 aliphatic rings. The van der Waals surface area contributed by atoms with Gasteiger partial charge in [-0.25, -0.2) is 4.79 Å². The SMILES string of the molecule is C[C@@]1(O)CS[C@@H]2C(N3C(=O)COCC3=S)C(=O)N2C1C(=O)OCc1ccc([N+](=O)[O-])cc1. The number of nitrogens with zero attached hydrogens (tertiary/aromatic N) is 3. The smallest absolute Gasteiger partial charge is 0.332 e. The average Bonchev–Trinajstić information content (AvgIpc) is 2.74. The van der Waals surface area contributed by atoms with E-state index < -0.39 is 45.8 Å². The van der Waals surface area contributed by atoms with Gasteiger partial charge in [0.25, 0.3) is 17.5 Å². The summed E-state index contributed by atoms with van der Waals surface area (Å²) in [5.74, 6) is -1.59. The lowest BCUT2D eigenvalue weighted by Crippen LogP contribution is -2.80. The van der Waals surface area contributed by atoms with Crippen LogP contribution in [-0.4, -0.2) is 84.6 Å². The number of benzene rings is 1. The van der Waals surface area contributed by atoms with Gasteiger partial charge in [-0.05, 0) is 24.6 Å². The first-order chi connectivity index (χ1) is 15.1. The minimum absolute atomic E-state index is 0.0562. The van der Waals surface area contributed by atoms with Crippen molar-refractivity contribution in [3.63, 3.8) is 0 Å². The first kappa shape index (κ1) is 22.6. The molecule has 0 bridgehead atoms. The number of β-lactam (4-membered cyclic amide) rings is 1. The predicted octanol–water partition coefficient (Wildman–Crippen LogP) is 0.228. The molecule has 2 amide bonds. The molecule has 0 radical (unpaired) electrons. The van der Waals surface area contributed by atoms with Crippen LogP contribution in [0.15, 0.2) is 24.3 Å². The lowest BCUT2D eigenvalue weighted by atomic mass is 9.90. The molecule has 32 heavy (non-hydrogen) atoms. The van der Waals surface area contributed by atoms with E-state index in [1.54, 1.807) is 0 Å². The van der Waals surface area contributed by atoms with Crippen LogP contribution in [0.25, 0.3) is 0 Å². The fraction of sp³-hybridized carbons (Fsp3) is 0.474. The fourth-order valence-electron chi connectivity index (χ4n) is 3.92. The zero-order chi connectivity index (χ0) is 23.2. The second kappa shape index (κ2) is 8.39. The van der Waals surface area contributed by atoms with Gasteiger partial charge in [0, 0.05) is 17.9 Å². The van der Waals surface area contributed by atoms with E-state index in [2.05, 4.69) is 0 Å². The second-order valence-corrected chi connectivity index (χ2v) is 9.41. The predicted molar refractivity (Wildman–Crippen MR) is 114 cm³/mol. The molecule has 0 spiro atoms. The van der Waals surface area contributed by atoms with Crippen LogP contribution in [0.5, 0.6) is 0 Å². The Morgan fingerprint density at radius 2 is 2.06 bits per heavy atom. The molecule has 13 heteroatoms. The number of nitro groups is 1. The van der Waals surface area contributed by atoms with Crippen LogP contribution in [0.2, 0.25) is 0 Å². The Hall–Kier alpha value is -2.61. The lowest BCUT2D eigenvalue weighted by molar-refractivity contribution is -0.384. The topological polar surface area (TPSA) is 140 Å². The van der Waals surface area contributed by atoms with Crippen molar-refractivity contribution in [2.24, 2.45) is 0 Å². The summed E-state index contributed by atoms with van der Waals surface area (Å²) >= 11 is 6.45. The van der Waals surface area contributed by atoms with E-state index in [1.807, 2.05) is 0 Å². The van der Waals surface area contributed by atoms with Crippen molar-refractivity contribution in [1.82, 2.24) is 9.80 Å². The molecule has 4 atom stereocenters. The molecule has 170 valence electrons. The molecule has 3 saturated heterocycles. The van der Waals surface area contributed by atoms with E-state index in [9.17, 15) is 29.6 Å². The minimum atomic E-state index is -1.55. The van der Waals surface area contributed by atoms with Crippen molar-refractivity contribution in [1.29, 1.82) is 0 Å². The van der Waals surface area contributed by atoms with Crippen molar-refractivity contribution in [2.75, 3.05) is 19.0 Å². The molecule has 1 aromatic carbocycles. The van der Waals surface area contributed by atoms with Crippen LogP contribution < -0.4 is 0 Å². The van der Waals surface area contributed by atoms with Crippen LogP contribution in [0.4, 0.5) is 5.69 Å². The maximum Gasteiger partial charge on any atom is 0.332 e. The van der Waals surface area contributed by atoms with E-state index >= 15 is 0 Å². The zero-order valence-corrected chi connectivity index (χ0v) is 18.5. The van der Waals surface area contributed by atoms with Gasteiger partial charge in [-0.2, -0.15) is 0 Å². The molecule has 11 nitrogen and oxygen atoms in total. The highest BCUT2D eigenvalue weighted by Gasteiger charge is 2.63. The monoisotopic (exact) mass is 481 g/mol. The maximum atomic E-state index is 13.0. The quantitative estimate of drug-likeness (QED) is 0.204. The number of nitro benzene ring substituents is 1. The fourth-order valence-corrected chi connectivity index (χ4v) is 5.69. The number of rotatable bonds is 5. The summed E-state index contributed by atoms with van der Waals surface area (Å²) in [7, 11) is 0. The Morgan fingerprint density at radius 3 is 2.69 bits per heavy atom. The number of thiocarbonyl (C=S) groups is 1. The summed E-state index contributed by atoms with van der Waals surface area (Å²) in [6, 6.07) is 3.37. The summed E-state index contributed by atoms with van der Waals surface area (Å²) < 4.78 is 10.4. The van der Waals surface area contributed by atoms with Gasteiger partial charge >= 0.3 is 5.97 Å². The molecular weight excluding hydrogens is 462 g/mol. The van der Waals surface area contributed by atoms with Crippen molar-refractivity contribution in [3.8, 4) is 0 Å². The molecule has 0 aromatic heterocycles. The number of esters is 1. The number of hydrogen-bond acceptors (Lipinski definition) is 10. The summed E-state index contributed by atoms with van der Waals surface area (Å²) in [5.41, 5.74) is -1.13. The van der Waals surface area contributed by atoms with E-state index in [4.69, 9.17) is 21.7 Å². The number of carbonyl (C=O) groups excluding carboxylic acids is 3. The van der Waals surface area contributed by atoms with Crippen LogP contribution in [0.1, 0.15) is 12.5 Å². The lowest BCUT2D eigenvalue weighted by Gasteiger charge is -2.58. The Labute approximate surface area is 191 Å². The normalized spacial score (nSPS) is 29.9. The summed E-state index contributed by atoms with van der Waals surface area (Å²) in [6.45, 7) is 1.14. The van der Waals surface area contributed by atoms with E-state index in [1.165, 1.54) is 52.8 Å². The third-order valence-electron chi connectivity index (χ3n) is 5.48. The summed E-state index contributed by atoms with van der Waals surface area (Å²) in [5, 5.41) is 21.0. The molecule has 0 saturated carbocycles. The van der Waals surface area contributed by atoms with E-state index in [0.717, 1.165) is 0 Å². The third-order valence-corrected chi connectivity index (χ3v) is 7.38. The molecule has 3 heterocycles. The molecule has 0 aliphatic carbocycles. The average molecular weight is 482 g/mol. The van der Waals surface area contributed by atoms with Crippen LogP contribution in [0, 0.1) is 10.1 Å². The molecule has 3 aliphatic heterocycles. The number of fused-ring (bicyclic) bond motifs is 1. The van der Waals surface area contributed by atoms with Crippen LogP contribution >= 0.6 is 24.0 Å². The Kier molecular flexibility index (Phi) is 5.92. The minimum Gasteiger partial charge on any atom is -0.459 e. The molecule has 1 N–H and O–H groups in total. The van der Waals surface area contributed by atoms with Gasteiger partial charge in [0.15, 0.2) is 6.04 Å². The largest absolute Gasteiger partial charge is 0.459 e. The number of morpholine rings is 1. The maximum absolute atomic E-state index is 13.0. The van der Waals surface area contributed by atoms with Gasteiger partial charge in [0.05, 0.1) is 11.5 Å². The number of thioether (sulfide) groups is 1. The van der Waals surface area contributed by atoms with Crippen molar-refractivity contribution in [2.45, 2.75) is 36.6 Å². The Bertz CT molecular complexity index is 983. The Morgan fingerprint density at radius 1 is 1.38 bits per heavy atom. The second-order valence-electron chi connectivity index (χ2n) is 7.83. The number of aliphatic hydroxyl groups is 1. The molecular formula is C19H19N3O8S2. The highest BCUT2D eigenvalue weighted by molar-refractivity contribution is 8.00. The molecule has 4 rings (SSSR count). The van der Waals surface area contributed by atoms with Gasteiger partial charge in [0.2, 0.25) is 0 Å². The summed E-state index contributed by atoms with van der Waals surface area (Å²) in [4.78, 5) is 51.1. The first-order valence-electron chi connectivity index (χ1n) is 9.60. The molecule has 1 aromatic rings. The van der Waals surface area contributed by atoms with Gasteiger partial charge in [0.1, 0.15) is 35.2 Å². The number of carbonyl (C=O) groups is 3. The number of non-ortho nitro benzene ring substituents is 1. The van der Waals surface area contributed by atoms with Gasteiger partial charge in [-0.15, -0.1) is 11.8 Å². The standard InChI is InChI=1S/C19H19N3O8S2/c1-19(26)9-32-17-14(20-12(23)7-29-8-13(20)31)16(24)21(17)15(19)18(25)30-6-10-2-4-11(5-3-10)22(27)28/h2-5,14-15,17,26H,6-9H2,1H3/t14?,15?,17-,19-/m1/s1. The van der Waals surface area contributed by atoms with Gasteiger partial charge in [-0.3, -0.25) is 24.6 Å². The van der Waals surface area contributed by atoms with Crippen molar-refractivity contribution in [3.05, 3.63) is 39.9 Å². The van der Waals surface area contributed by atoms with Gasteiger partial charge < -0.3 is 19.5 Å². The molecule has 2 unspecified atom stereocenters. The molecule has 3 fully saturated rings. The van der Waals surface area contributed by atoms with E-state index in [0.29, 0.717) is 5.56 Å². The van der Waals surface area contributed by atoms with Crippen molar-refractivity contribution < 1.29 is 33.9 Å². The van der Waals surface area contributed by atoms with Crippen molar-refractivity contribution >= 4 is 52.4 Å². The van der Waals surface area contributed by atoms with E-state index in [-0.39, 0.29) is 36.2 Å². The number of hydrogen-bond donors (Lipinski definition) is 1. The summed E-state index contributed by atoms with van der Waals surface area (Å²) in [6.07, 6.45) is 0. The van der Waals surface area contributed by atoms with Gasteiger partial charge in [-0.1, -0.05) is 12.2 Å². The van der Waals surface area contributed by atoms with Crippen LogP contribution in [0.3, 0.4) is 0 Å². The highest BCUT2D eigenvalue weighted by Crippen LogP contribution is 2.44. The zero-order valence-electron chi connectivity index (χ0n) is 16.8. The number of ether oxygens (including phenoxy) is 2.